The van der Waals surface area contributed by atoms with Crippen LogP contribution in [0.5, 0.6) is 0 Å². The maximum atomic E-state index is 10.5. The molecule has 1 heterocycles. The zero-order valence-corrected chi connectivity index (χ0v) is 10.4. The zero-order valence-electron chi connectivity index (χ0n) is 8.03. The van der Waals surface area contributed by atoms with Crippen LogP contribution in [0.2, 0.25) is 0 Å². The molecule has 1 aromatic rings. The van der Waals surface area contributed by atoms with E-state index in [1.807, 2.05) is 26.1 Å². The molecule has 1 rings (SSSR count). The van der Waals surface area contributed by atoms with Gasteiger partial charge in [-0.1, -0.05) is 0 Å². The van der Waals surface area contributed by atoms with Crippen molar-refractivity contribution in [2.75, 3.05) is 13.6 Å². The van der Waals surface area contributed by atoms with Crippen molar-refractivity contribution in [3.8, 4) is 0 Å². The summed E-state index contributed by atoms with van der Waals surface area (Å²) in [5, 5.41) is 8.64. The number of carboxylic acids is 1. The molecule has 0 saturated heterocycles. The van der Waals surface area contributed by atoms with E-state index in [1.54, 1.807) is 16.2 Å². The van der Waals surface area contributed by atoms with Crippen molar-refractivity contribution in [1.29, 1.82) is 0 Å². The second kappa shape index (κ2) is 4.91. The van der Waals surface area contributed by atoms with Crippen LogP contribution in [0.15, 0.2) is 15.9 Å². The normalized spacial score (nSPS) is 13.1. The Bertz CT molecular complexity index is 326. The van der Waals surface area contributed by atoms with E-state index in [2.05, 4.69) is 15.9 Å². The Morgan fingerprint density at radius 2 is 2.36 bits per heavy atom. The Morgan fingerprint density at radius 3 is 2.79 bits per heavy atom. The van der Waals surface area contributed by atoms with E-state index in [4.69, 9.17) is 5.11 Å². The van der Waals surface area contributed by atoms with Gasteiger partial charge in [0, 0.05) is 10.9 Å². The minimum absolute atomic E-state index is 0.0662. The van der Waals surface area contributed by atoms with Gasteiger partial charge in [0.1, 0.15) is 0 Å². The topological polar surface area (TPSA) is 40.5 Å². The molecule has 14 heavy (non-hydrogen) atoms. The van der Waals surface area contributed by atoms with E-state index in [0.29, 0.717) is 0 Å². The Labute approximate surface area is 95.5 Å². The average molecular weight is 278 g/mol. The van der Waals surface area contributed by atoms with Gasteiger partial charge in [-0.05, 0) is 42.0 Å². The van der Waals surface area contributed by atoms with Crippen LogP contribution in [0.1, 0.15) is 17.8 Å². The van der Waals surface area contributed by atoms with E-state index < -0.39 is 5.97 Å². The molecule has 0 amide bonds. The van der Waals surface area contributed by atoms with Crippen molar-refractivity contribution in [3.05, 3.63) is 20.8 Å². The number of hydrogen-bond donors (Lipinski definition) is 1. The van der Waals surface area contributed by atoms with Crippen LogP contribution in [0.4, 0.5) is 0 Å². The van der Waals surface area contributed by atoms with Gasteiger partial charge in [-0.2, -0.15) is 0 Å². The highest BCUT2D eigenvalue weighted by Gasteiger charge is 2.15. The molecule has 0 spiro atoms. The smallest absolute Gasteiger partial charge is 0.317 e. The molecule has 0 aliphatic rings. The molecule has 3 nitrogen and oxygen atoms in total. The van der Waals surface area contributed by atoms with Crippen LogP contribution >= 0.6 is 27.3 Å². The molecule has 78 valence electrons. The number of aliphatic carboxylic acids is 1. The number of likely N-dealkylation sites (N-methyl/N-ethyl adjacent to an activating group) is 1. The van der Waals surface area contributed by atoms with Crippen molar-refractivity contribution >= 4 is 33.2 Å². The van der Waals surface area contributed by atoms with Gasteiger partial charge in [0.15, 0.2) is 0 Å². The third-order valence-corrected chi connectivity index (χ3v) is 3.85. The minimum atomic E-state index is -0.796. The molecule has 0 aliphatic heterocycles. The summed E-state index contributed by atoms with van der Waals surface area (Å²) in [5.74, 6) is -0.796. The Morgan fingerprint density at radius 1 is 1.71 bits per heavy atom. The van der Waals surface area contributed by atoms with Crippen molar-refractivity contribution < 1.29 is 9.90 Å². The molecule has 0 saturated carbocycles. The maximum absolute atomic E-state index is 10.5. The Hall–Kier alpha value is -0.390. The number of carboxylic acid groups (broad SMARTS) is 1. The van der Waals surface area contributed by atoms with Crippen molar-refractivity contribution in [2.24, 2.45) is 0 Å². The lowest BCUT2D eigenvalue weighted by atomic mass is 10.2. The number of halogens is 1. The van der Waals surface area contributed by atoms with Crippen LogP contribution in [0, 0.1) is 0 Å². The maximum Gasteiger partial charge on any atom is 0.317 e. The summed E-state index contributed by atoms with van der Waals surface area (Å²) in [6, 6.07) is 4.13. The van der Waals surface area contributed by atoms with Gasteiger partial charge in [-0.3, -0.25) is 9.69 Å². The van der Waals surface area contributed by atoms with E-state index >= 15 is 0 Å². The quantitative estimate of drug-likeness (QED) is 0.920. The molecule has 0 aliphatic carbocycles. The fourth-order valence-corrected chi connectivity index (χ4v) is 2.66. The third kappa shape index (κ3) is 3.08. The van der Waals surface area contributed by atoms with Gasteiger partial charge in [-0.25, -0.2) is 0 Å². The van der Waals surface area contributed by atoms with E-state index in [9.17, 15) is 4.79 Å². The lowest BCUT2D eigenvalue weighted by Gasteiger charge is -2.21. The monoisotopic (exact) mass is 277 g/mol. The average Bonchev–Trinajstić information content (AvgIpc) is 2.49. The van der Waals surface area contributed by atoms with Gasteiger partial charge in [0.25, 0.3) is 0 Å². The molecule has 0 radical (unpaired) electrons. The molecule has 0 aromatic carbocycles. The summed E-state index contributed by atoms with van der Waals surface area (Å²) >= 11 is 5.02. The SMILES string of the molecule is CC(c1ccc(Br)s1)N(C)CC(=O)O. The van der Waals surface area contributed by atoms with Crippen molar-refractivity contribution in [1.82, 2.24) is 4.90 Å². The summed E-state index contributed by atoms with van der Waals surface area (Å²) in [6.45, 7) is 2.07. The lowest BCUT2D eigenvalue weighted by Crippen LogP contribution is -2.27. The van der Waals surface area contributed by atoms with Gasteiger partial charge in [0.2, 0.25) is 0 Å². The first-order valence-electron chi connectivity index (χ1n) is 4.18. The van der Waals surface area contributed by atoms with E-state index in [1.165, 1.54) is 4.88 Å². The summed E-state index contributed by atoms with van der Waals surface area (Å²) < 4.78 is 1.07. The molecule has 0 bridgehead atoms. The van der Waals surface area contributed by atoms with Crippen LogP contribution < -0.4 is 0 Å². The molecule has 1 N–H and O–H groups in total. The number of thiophene rings is 1. The summed E-state index contributed by atoms with van der Waals surface area (Å²) in [7, 11) is 1.81. The minimum Gasteiger partial charge on any atom is -0.480 e. The van der Waals surface area contributed by atoms with Gasteiger partial charge >= 0.3 is 5.97 Å². The molecule has 1 aromatic heterocycles. The Kier molecular flexibility index (Phi) is 4.10. The highest BCUT2D eigenvalue weighted by atomic mass is 79.9. The van der Waals surface area contributed by atoms with Crippen LogP contribution in [0.25, 0.3) is 0 Å². The largest absolute Gasteiger partial charge is 0.480 e. The molecular weight excluding hydrogens is 266 g/mol. The standard InChI is InChI=1S/C9H12BrNO2S/c1-6(11(2)5-9(12)13)7-3-4-8(10)14-7/h3-4,6H,5H2,1-2H3,(H,12,13). The predicted octanol–water partition coefficient (Wildman–Crippen LogP) is 2.59. The van der Waals surface area contributed by atoms with Crippen LogP contribution in [-0.2, 0) is 4.79 Å². The van der Waals surface area contributed by atoms with Gasteiger partial charge in [0.05, 0.1) is 10.3 Å². The van der Waals surface area contributed by atoms with E-state index in [0.717, 1.165) is 3.79 Å². The Balaban J connectivity index is 2.65. The first-order valence-corrected chi connectivity index (χ1v) is 5.79. The predicted molar refractivity (Wildman–Crippen MR) is 60.7 cm³/mol. The first kappa shape index (κ1) is 11.7. The van der Waals surface area contributed by atoms with Gasteiger partial charge in [-0.15, -0.1) is 11.3 Å². The second-order valence-corrected chi connectivity index (χ2v) is 5.62. The zero-order chi connectivity index (χ0) is 10.7. The fraction of sp³-hybridized carbons (Fsp3) is 0.444. The van der Waals surface area contributed by atoms with Crippen molar-refractivity contribution in [2.45, 2.75) is 13.0 Å². The van der Waals surface area contributed by atoms with Crippen LogP contribution in [0.3, 0.4) is 0 Å². The summed E-state index contributed by atoms with van der Waals surface area (Å²) in [5.41, 5.74) is 0. The molecule has 1 atom stereocenters. The summed E-state index contributed by atoms with van der Waals surface area (Å²) in [4.78, 5) is 13.5. The highest BCUT2D eigenvalue weighted by Crippen LogP contribution is 2.29. The summed E-state index contributed by atoms with van der Waals surface area (Å²) in [6.07, 6.45) is 0. The number of hydrogen-bond acceptors (Lipinski definition) is 3. The number of nitrogens with zero attached hydrogens (tertiary/aromatic N) is 1. The van der Waals surface area contributed by atoms with Gasteiger partial charge < -0.3 is 5.11 Å². The third-order valence-electron chi connectivity index (χ3n) is 2.05. The lowest BCUT2D eigenvalue weighted by molar-refractivity contribution is -0.138. The van der Waals surface area contributed by atoms with E-state index in [-0.39, 0.29) is 12.6 Å². The molecule has 5 heteroatoms. The number of carbonyl (C=O) groups is 1. The molecule has 0 fully saturated rings. The number of rotatable bonds is 4. The first-order chi connectivity index (χ1) is 6.50. The highest BCUT2D eigenvalue weighted by molar-refractivity contribution is 9.11. The fourth-order valence-electron chi connectivity index (χ4n) is 1.12. The molecule has 1 unspecified atom stereocenters. The van der Waals surface area contributed by atoms with Crippen LogP contribution in [-0.4, -0.2) is 29.6 Å². The van der Waals surface area contributed by atoms with Crippen molar-refractivity contribution in [3.63, 3.8) is 0 Å². The second-order valence-electron chi connectivity index (χ2n) is 3.13. The molecular formula is C9H12BrNO2S.